The van der Waals surface area contributed by atoms with E-state index in [0.717, 1.165) is 12.8 Å². The number of sulfonamides is 1. The van der Waals surface area contributed by atoms with Crippen molar-refractivity contribution in [1.29, 1.82) is 0 Å². The molecule has 11 heteroatoms. The van der Waals surface area contributed by atoms with Crippen LogP contribution >= 0.6 is 45.9 Å². The Labute approximate surface area is 199 Å². The van der Waals surface area contributed by atoms with Crippen molar-refractivity contribution in [2.24, 2.45) is 0 Å². The summed E-state index contributed by atoms with van der Waals surface area (Å²) in [7, 11) is -3.59. The van der Waals surface area contributed by atoms with E-state index in [0.29, 0.717) is 43.7 Å². The maximum absolute atomic E-state index is 12.8. The number of hydrogen-bond donors (Lipinski definition) is 1. The van der Waals surface area contributed by atoms with E-state index in [4.69, 9.17) is 23.2 Å². The highest BCUT2D eigenvalue weighted by Crippen LogP contribution is 2.39. The van der Waals surface area contributed by atoms with Crippen LogP contribution < -0.4 is 5.32 Å². The summed E-state index contributed by atoms with van der Waals surface area (Å²) in [5.41, 5.74) is 1.68. The normalized spacial score (nSPS) is 11.8. The number of amides is 1. The van der Waals surface area contributed by atoms with Gasteiger partial charge in [-0.2, -0.15) is 4.31 Å². The van der Waals surface area contributed by atoms with Gasteiger partial charge in [0.25, 0.3) is 5.91 Å². The highest BCUT2D eigenvalue weighted by Gasteiger charge is 2.23. The van der Waals surface area contributed by atoms with Crippen molar-refractivity contribution in [3.05, 3.63) is 49.9 Å². The molecule has 2 aromatic heterocycles. The van der Waals surface area contributed by atoms with Gasteiger partial charge in [-0.1, -0.05) is 37.0 Å². The Morgan fingerprint density at radius 2 is 1.77 bits per heavy atom. The number of hydrogen-bond acceptors (Lipinski definition) is 6. The molecule has 0 saturated heterocycles. The molecule has 3 rings (SSSR count). The lowest BCUT2D eigenvalue weighted by Crippen LogP contribution is -2.32. The molecule has 31 heavy (non-hydrogen) atoms. The minimum atomic E-state index is -3.59. The van der Waals surface area contributed by atoms with Gasteiger partial charge in [0, 0.05) is 29.6 Å². The van der Waals surface area contributed by atoms with Crippen molar-refractivity contribution < 1.29 is 13.2 Å². The predicted octanol–water partition coefficient (Wildman–Crippen LogP) is 6.24. The molecule has 0 spiro atoms. The fraction of sp³-hybridized carbons (Fsp3) is 0.300. The Balaban J connectivity index is 1.73. The Kier molecular flexibility index (Phi) is 8.12. The summed E-state index contributed by atoms with van der Waals surface area (Å²) in [6.45, 7) is 4.81. The van der Waals surface area contributed by atoms with E-state index in [1.54, 1.807) is 11.4 Å². The molecule has 0 atom stereocenters. The van der Waals surface area contributed by atoms with Gasteiger partial charge in [0.2, 0.25) is 10.0 Å². The molecule has 0 bridgehead atoms. The number of nitrogens with zero attached hydrogens (tertiary/aromatic N) is 2. The summed E-state index contributed by atoms with van der Waals surface area (Å²) in [6.07, 6.45) is 1.47. The zero-order valence-electron chi connectivity index (χ0n) is 16.9. The van der Waals surface area contributed by atoms with Crippen LogP contribution in [0.25, 0.3) is 11.3 Å². The maximum Gasteiger partial charge on any atom is 0.257 e. The van der Waals surface area contributed by atoms with Crippen LogP contribution in [0.15, 0.2) is 40.6 Å². The quantitative estimate of drug-likeness (QED) is 0.364. The number of rotatable bonds is 9. The molecule has 6 nitrogen and oxygen atoms in total. The third-order valence-electron chi connectivity index (χ3n) is 4.36. The van der Waals surface area contributed by atoms with Gasteiger partial charge in [0.1, 0.15) is 4.34 Å². The van der Waals surface area contributed by atoms with Crippen LogP contribution in [0.4, 0.5) is 5.13 Å². The summed E-state index contributed by atoms with van der Waals surface area (Å²) in [6, 6.07) is 7.66. The van der Waals surface area contributed by atoms with Gasteiger partial charge in [-0.3, -0.25) is 10.1 Å². The van der Waals surface area contributed by atoms with Gasteiger partial charge < -0.3 is 0 Å². The molecule has 0 unspecified atom stereocenters. The molecule has 0 radical (unpaired) electrons. The fourth-order valence-electron chi connectivity index (χ4n) is 2.92. The van der Waals surface area contributed by atoms with E-state index in [1.165, 1.54) is 51.2 Å². The molecule has 1 N–H and O–H groups in total. The van der Waals surface area contributed by atoms with Crippen LogP contribution in [0.1, 0.15) is 37.0 Å². The third kappa shape index (κ3) is 5.66. The number of aromatic nitrogens is 1. The molecule has 0 saturated carbocycles. The van der Waals surface area contributed by atoms with E-state index in [1.807, 2.05) is 13.8 Å². The first-order valence-corrected chi connectivity index (χ1v) is 13.5. The van der Waals surface area contributed by atoms with Gasteiger partial charge in [0.05, 0.1) is 14.9 Å². The number of thiophene rings is 1. The second-order valence-electron chi connectivity index (χ2n) is 6.66. The highest BCUT2D eigenvalue weighted by atomic mass is 35.5. The second kappa shape index (κ2) is 10.4. The lowest BCUT2D eigenvalue weighted by atomic mass is 10.2. The Hall–Kier alpha value is -1.49. The third-order valence-corrected chi connectivity index (χ3v) is 8.52. The minimum absolute atomic E-state index is 0.173. The summed E-state index contributed by atoms with van der Waals surface area (Å²) in [4.78, 5) is 17.1. The smallest absolute Gasteiger partial charge is 0.257 e. The molecule has 1 amide bonds. The van der Waals surface area contributed by atoms with E-state index in [9.17, 15) is 13.2 Å². The molecule has 0 aliphatic rings. The van der Waals surface area contributed by atoms with Gasteiger partial charge in [-0.05, 0) is 43.2 Å². The van der Waals surface area contributed by atoms with E-state index in [2.05, 4.69) is 10.3 Å². The summed E-state index contributed by atoms with van der Waals surface area (Å²) < 4.78 is 28.3. The average Bonchev–Trinajstić information content (AvgIpc) is 3.33. The number of carbonyl (C=O) groups excluding carboxylic acids is 1. The van der Waals surface area contributed by atoms with Crippen LogP contribution in [0.3, 0.4) is 0 Å². The van der Waals surface area contributed by atoms with Crippen LogP contribution in [0.2, 0.25) is 8.67 Å². The largest absolute Gasteiger partial charge is 0.298 e. The van der Waals surface area contributed by atoms with Gasteiger partial charge in [-0.15, -0.1) is 22.7 Å². The zero-order valence-corrected chi connectivity index (χ0v) is 20.9. The van der Waals surface area contributed by atoms with Crippen molar-refractivity contribution in [3.8, 4) is 11.3 Å². The first-order valence-electron chi connectivity index (χ1n) is 9.58. The molecule has 3 aromatic rings. The molecular weight excluding hydrogens is 497 g/mol. The standard InChI is InChI=1S/C20H21Cl2N3O3S3/c1-3-9-25(10-4-2)31(27,28)14-7-5-13(6-8-14)19(26)24-20-23-16(12-29-20)15-11-17(21)30-18(15)22/h5-8,11-12H,3-4,9-10H2,1-2H3,(H,23,24,26). The minimum Gasteiger partial charge on any atom is -0.298 e. The monoisotopic (exact) mass is 517 g/mol. The summed E-state index contributed by atoms with van der Waals surface area (Å²) in [5.74, 6) is -0.377. The van der Waals surface area contributed by atoms with E-state index in [-0.39, 0.29) is 10.8 Å². The lowest BCUT2D eigenvalue weighted by Gasteiger charge is -2.21. The zero-order chi connectivity index (χ0) is 22.6. The number of carbonyl (C=O) groups is 1. The number of thiazole rings is 1. The van der Waals surface area contributed by atoms with Crippen LogP contribution in [-0.2, 0) is 10.0 Å². The van der Waals surface area contributed by atoms with E-state index >= 15 is 0 Å². The first kappa shape index (κ1) is 24.2. The van der Waals surface area contributed by atoms with Gasteiger partial charge >= 0.3 is 0 Å². The van der Waals surface area contributed by atoms with Gasteiger partial charge in [-0.25, -0.2) is 13.4 Å². The maximum atomic E-state index is 12.8. The average molecular weight is 519 g/mol. The molecule has 0 fully saturated rings. The molecular formula is C20H21Cl2N3O3S3. The Bertz CT molecular complexity index is 1150. The number of benzene rings is 1. The molecule has 0 aliphatic carbocycles. The highest BCUT2D eigenvalue weighted by molar-refractivity contribution is 7.89. The van der Waals surface area contributed by atoms with Crippen LogP contribution in [-0.4, -0.2) is 36.7 Å². The van der Waals surface area contributed by atoms with Crippen LogP contribution in [0, 0.1) is 0 Å². The molecule has 2 heterocycles. The first-order chi connectivity index (χ1) is 14.8. The lowest BCUT2D eigenvalue weighted by molar-refractivity contribution is 0.102. The fourth-order valence-corrected chi connectivity index (χ4v) is 6.73. The summed E-state index contributed by atoms with van der Waals surface area (Å²) >= 11 is 14.7. The van der Waals surface area contributed by atoms with Crippen LogP contribution in [0.5, 0.6) is 0 Å². The van der Waals surface area contributed by atoms with Crippen molar-refractivity contribution >= 4 is 66.9 Å². The van der Waals surface area contributed by atoms with Crippen molar-refractivity contribution in [2.45, 2.75) is 31.6 Å². The number of nitrogens with one attached hydrogen (secondary N) is 1. The molecule has 1 aromatic carbocycles. The van der Waals surface area contributed by atoms with Crippen molar-refractivity contribution in [2.75, 3.05) is 18.4 Å². The summed E-state index contributed by atoms with van der Waals surface area (Å²) in [5, 5.41) is 4.92. The molecule has 0 aliphatic heterocycles. The number of anilines is 1. The SMILES string of the molecule is CCCN(CCC)S(=O)(=O)c1ccc(C(=O)Nc2nc(-c3cc(Cl)sc3Cl)cs2)cc1. The van der Waals surface area contributed by atoms with Crippen molar-refractivity contribution in [1.82, 2.24) is 9.29 Å². The van der Waals surface area contributed by atoms with Crippen molar-refractivity contribution in [3.63, 3.8) is 0 Å². The predicted molar refractivity (Wildman–Crippen MR) is 129 cm³/mol. The molecule has 166 valence electrons. The second-order valence-corrected chi connectivity index (χ2v) is 11.7. The van der Waals surface area contributed by atoms with E-state index < -0.39 is 10.0 Å². The Morgan fingerprint density at radius 1 is 1.13 bits per heavy atom. The number of halogens is 2. The van der Waals surface area contributed by atoms with Gasteiger partial charge in [0.15, 0.2) is 5.13 Å². The topological polar surface area (TPSA) is 79.4 Å². The Morgan fingerprint density at radius 3 is 2.32 bits per heavy atom.